The number of nitrogens with zero attached hydrogens (tertiary/aromatic N) is 4. The summed E-state index contributed by atoms with van der Waals surface area (Å²) in [7, 11) is 1.61. The van der Waals surface area contributed by atoms with Crippen molar-refractivity contribution in [2.24, 2.45) is 5.73 Å². The van der Waals surface area contributed by atoms with Crippen LogP contribution in [0, 0.1) is 6.92 Å². The van der Waals surface area contributed by atoms with Gasteiger partial charge in [0.1, 0.15) is 10.8 Å². The van der Waals surface area contributed by atoms with Crippen molar-refractivity contribution < 1.29 is 4.74 Å². The molecule has 0 spiro atoms. The number of hydrogen-bond donors (Lipinski definition) is 1. The van der Waals surface area contributed by atoms with E-state index in [0.29, 0.717) is 17.1 Å². The summed E-state index contributed by atoms with van der Waals surface area (Å²) in [4.78, 5) is 13.1. The second-order valence-corrected chi connectivity index (χ2v) is 6.16. The smallest absolute Gasteiger partial charge is 0.302 e. The molecule has 0 aliphatic rings. The van der Waals surface area contributed by atoms with Crippen molar-refractivity contribution in [1.29, 1.82) is 0 Å². The number of aromatic nitrogens is 4. The van der Waals surface area contributed by atoms with Gasteiger partial charge in [-0.1, -0.05) is 11.3 Å². The van der Waals surface area contributed by atoms with Crippen molar-refractivity contribution in [3.8, 4) is 17.0 Å². The fraction of sp³-hybridized carbons (Fsp3) is 0.333. The first-order valence-electron chi connectivity index (χ1n) is 7.24. The molecule has 7 nitrogen and oxygen atoms in total. The van der Waals surface area contributed by atoms with E-state index < -0.39 is 0 Å². The summed E-state index contributed by atoms with van der Waals surface area (Å²) in [6, 6.07) is 5.47. The van der Waals surface area contributed by atoms with Crippen LogP contribution in [0.2, 0.25) is 0 Å². The van der Waals surface area contributed by atoms with Gasteiger partial charge in [-0.3, -0.25) is 4.79 Å². The highest BCUT2D eigenvalue weighted by Crippen LogP contribution is 2.23. The topological polar surface area (TPSA) is 95.4 Å². The quantitative estimate of drug-likeness (QED) is 0.760. The van der Waals surface area contributed by atoms with Crippen molar-refractivity contribution in [3.63, 3.8) is 0 Å². The zero-order valence-electron chi connectivity index (χ0n) is 12.9. The van der Waals surface area contributed by atoms with Crippen LogP contribution in [0.4, 0.5) is 0 Å². The number of aryl methyl sites for hydroxylation is 2. The molecule has 3 rings (SSSR count). The molecule has 8 heteroatoms. The third-order valence-electron chi connectivity index (χ3n) is 3.50. The molecule has 0 bridgehead atoms. The van der Waals surface area contributed by atoms with E-state index in [-0.39, 0.29) is 11.3 Å². The summed E-state index contributed by atoms with van der Waals surface area (Å²) in [5.41, 5.74) is 7.15. The molecule has 2 heterocycles. The Hall–Kier alpha value is -2.32. The minimum Gasteiger partial charge on any atom is -0.496 e. The van der Waals surface area contributed by atoms with Crippen LogP contribution < -0.4 is 16.0 Å². The van der Waals surface area contributed by atoms with Crippen molar-refractivity contribution in [2.45, 2.75) is 19.8 Å². The molecule has 0 fully saturated rings. The fourth-order valence-electron chi connectivity index (χ4n) is 2.32. The number of rotatable bonds is 5. The van der Waals surface area contributed by atoms with E-state index >= 15 is 0 Å². The molecule has 0 saturated carbocycles. The Bertz CT molecular complexity index is 903. The first-order valence-corrected chi connectivity index (χ1v) is 8.06. The van der Waals surface area contributed by atoms with Gasteiger partial charge in [0.25, 0.3) is 0 Å². The number of ether oxygens (including phenoxy) is 1. The van der Waals surface area contributed by atoms with E-state index in [1.54, 1.807) is 13.2 Å². The van der Waals surface area contributed by atoms with Gasteiger partial charge in [0.2, 0.25) is 4.96 Å². The molecule has 0 atom stereocenters. The average molecular weight is 331 g/mol. The summed E-state index contributed by atoms with van der Waals surface area (Å²) in [6.07, 6.45) is 1.56. The van der Waals surface area contributed by atoms with Crippen molar-refractivity contribution >= 4 is 16.3 Å². The monoisotopic (exact) mass is 331 g/mol. The molecule has 23 heavy (non-hydrogen) atoms. The zero-order chi connectivity index (χ0) is 16.4. The minimum absolute atomic E-state index is 0.269. The molecule has 0 saturated heterocycles. The van der Waals surface area contributed by atoms with E-state index in [4.69, 9.17) is 10.5 Å². The number of nitrogens with two attached hydrogens (primary N) is 1. The third-order valence-corrected chi connectivity index (χ3v) is 4.45. The van der Waals surface area contributed by atoms with Crippen LogP contribution in [0.1, 0.15) is 17.0 Å². The van der Waals surface area contributed by atoms with Crippen LogP contribution >= 0.6 is 11.3 Å². The van der Waals surface area contributed by atoms with Crippen LogP contribution in [0.5, 0.6) is 5.75 Å². The first kappa shape index (κ1) is 15.6. The van der Waals surface area contributed by atoms with Crippen molar-refractivity contribution in [3.05, 3.63) is 39.1 Å². The van der Waals surface area contributed by atoms with Gasteiger partial charge in [0, 0.05) is 12.0 Å². The van der Waals surface area contributed by atoms with E-state index in [9.17, 15) is 4.79 Å². The molecular weight excluding hydrogens is 314 g/mol. The SMILES string of the molecule is COc1ccc(-c2nnc3sc(CCCN)nn3c2=O)cc1C. The summed E-state index contributed by atoms with van der Waals surface area (Å²) in [6.45, 7) is 2.51. The molecule has 0 amide bonds. The predicted octanol–water partition coefficient (Wildman–Crippen LogP) is 1.42. The lowest BCUT2D eigenvalue weighted by Crippen LogP contribution is -2.19. The third kappa shape index (κ3) is 2.95. The number of hydrogen-bond acceptors (Lipinski definition) is 7. The van der Waals surface area contributed by atoms with Gasteiger partial charge in [0.15, 0.2) is 5.69 Å². The lowest BCUT2D eigenvalue weighted by molar-refractivity contribution is 0.412. The number of methoxy groups -OCH3 is 1. The van der Waals surface area contributed by atoms with E-state index in [1.807, 2.05) is 19.1 Å². The molecule has 0 radical (unpaired) electrons. The summed E-state index contributed by atoms with van der Waals surface area (Å²) in [5, 5.41) is 13.4. The molecule has 0 aliphatic heterocycles. The van der Waals surface area contributed by atoms with Gasteiger partial charge >= 0.3 is 5.56 Å². The van der Waals surface area contributed by atoms with E-state index in [0.717, 1.165) is 29.2 Å². The number of fused-ring (bicyclic) bond motifs is 1. The Morgan fingerprint density at radius 2 is 2.17 bits per heavy atom. The van der Waals surface area contributed by atoms with Crippen molar-refractivity contribution in [1.82, 2.24) is 19.8 Å². The molecule has 0 aliphatic carbocycles. The van der Waals surface area contributed by atoms with Crippen molar-refractivity contribution in [2.75, 3.05) is 13.7 Å². The van der Waals surface area contributed by atoms with Crippen LogP contribution in [0.15, 0.2) is 23.0 Å². The summed E-state index contributed by atoms with van der Waals surface area (Å²) in [5.74, 6) is 0.764. The van der Waals surface area contributed by atoms with Crippen LogP contribution in [0.25, 0.3) is 16.2 Å². The van der Waals surface area contributed by atoms with Gasteiger partial charge < -0.3 is 10.5 Å². The maximum absolute atomic E-state index is 12.6. The highest BCUT2D eigenvalue weighted by molar-refractivity contribution is 7.16. The molecule has 1 aromatic carbocycles. The van der Waals surface area contributed by atoms with Gasteiger partial charge in [-0.2, -0.15) is 9.61 Å². The Balaban J connectivity index is 2.06. The number of benzene rings is 1. The lowest BCUT2D eigenvalue weighted by atomic mass is 10.1. The Kier molecular flexibility index (Phi) is 4.35. The van der Waals surface area contributed by atoms with Gasteiger partial charge in [-0.05, 0) is 43.7 Å². The summed E-state index contributed by atoms with van der Waals surface area (Å²) < 4.78 is 6.55. The van der Waals surface area contributed by atoms with Crippen LogP contribution in [0.3, 0.4) is 0 Å². The van der Waals surface area contributed by atoms with Gasteiger partial charge in [-0.25, -0.2) is 0 Å². The lowest BCUT2D eigenvalue weighted by Gasteiger charge is -2.06. The second-order valence-electron chi connectivity index (χ2n) is 5.12. The molecule has 2 aromatic heterocycles. The minimum atomic E-state index is -0.269. The Morgan fingerprint density at radius 3 is 2.87 bits per heavy atom. The molecule has 3 aromatic rings. The van der Waals surface area contributed by atoms with Crippen LogP contribution in [-0.4, -0.2) is 33.5 Å². The Labute approximate surface area is 136 Å². The predicted molar refractivity (Wildman–Crippen MR) is 89.0 cm³/mol. The highest BCUT2D eigenvalue weighted by Gasteiger charge is 2.14. The maximum atomic E-state index is 12.6. The fourth-order valence-corrected chi connectivity index (χ4v) is 3.19. The zero-order valence-corrected chi connectivity index (χ0v) is 13.8. The molecule has 2 N–H and O–H groups in total. The highest BCUT2D eigenvalue weighted by atomic mass is 32.1. The molecule has 0 unspecified atom stereocenters. The van der Waals surface area contributed by atoms with E-state index in [2.05, 4.69) is 15.3 Å². The largest absolute Gasteiger partial charge is 0.496 e. The van der Waals surface area contributed by atoms with Gasteiger partial charge in [-0.15, -0.1) is 10.2 Å². The average Bonchev–Trinajstić information content (AvgIpc) is 2.97. The van der Waals surface area contributed by atoms with Crippen LogP contribution in [-0.2, 0) is 6.42 Å². The van der Waals surface area contributed by atoms with E-state index in [1.165, 1.54) is 15.9 Å². The second kappa shape index (κ2) is 6.43. The standard InChI is InChI=1S/C15H17N5O2S/c1-9-8-10(5-6-11(9)22-2)13-14(21)20-15(18-17-13)23-12(19-20)4-3-7-16/h5-6,8H,3-4,7,16H2,1-2H3. The maximum Gasteiger partial charge on any atom is 0.302 e. The Morgan fingerprint density at radius 1 is 1.35 bits per heavy atom. The summed E-state index contributed by atoms with van der Waals surface area (Å²) >= 11 is 1.37. The van der Waals surface area contributed by atoms with Gasteiger partial charge in [0.05, 0.1) is 7.11 Å². The molecule has 120 valence electrons. The normalized spacial score (nSPS) is 11.1. The molecular formula is C15H17N5O2S. The first-order chi connectivity index (χ1) is 11.1.